The van der Waals surface area contributed by atoms with E-state index in [1.54, 1.807) is 0 Å². The maximum Gasteiger partial charge on any atom is 0.472 e. The molecule has 0 amide bonds. The molecule has 0 spiro atoms. The first-order chi connectivity index (χ1) is 30.8. The summed E-state index contributed by atoms with van der Waals surface area (Å²) in [5.41, 5.74) is 0. The molecule has 15 nitrogen and oxygen atoms in total. The molecule has 362 valence electrons. The molecule has 0 aromatic carbocycles. The highest BCUT2D eigenvalue weighted by molar-refractivity contribution is 7.47. The van der Waals surface area contributed by atoms with Crippen LogP contribution in [0.3, 0.4) is 0 Å². The normalized spacial score (nSPS) is 16.3. The van der Waals surface area contributed by atoms with Gasteiger partial charge in [0, 0.05) is 12.8 Å². The van der Waals surface area contributed by atoms with Crippen LogP contribution in [0.25, 0.3) is 0 Å². The minimum atomic E-state index is -4.81. The summed E-state index contributed by atoms with van der Waals surface area (Å²) < 4.78 is 52.8. The number of aliphatic hydroxyl groups is 3. The van der Waals surface area contributed by atoms with Crippen molar-refractivity contribution in [2.75, 3.05) is 39.6 Å². The molecule has 0 aliphatic carbocycles. The van der Waals surface area contributed by atoms with Gasteiger partial charge in [-0.3, -0.25) is 27.7 Å². The molecule has 0 heterocycles. The van der Waals surface area contributed by atoms with Crippen LogP contribution < -0.4 is 0 Å². The van der Waals surface area contributed by atoms with E-state index in [1.807, 2.05) is 54.7 Å². The molecule has 0 bridgehead atoms. The Morgan fingerprint density at radius 2 is 0.766 bits per heavy atom. The van der Waals surface area contributed by atoms with Crippen molar-refractivity contribution < 1.29 is 71.4 Å². The van der Waals surface area contributed by atoms with Crippen LogP contribution in [0, 0.1) is 0 Å². The van der Waals surface area contributed by atoms with E-state index in [2.05, 4.69) is 98.8 Å². The third kappa shape index (κ3) is 43.7. The second-order valence-corrected chi connectivity index (χ2v) is 17.0. The van der Waals surface area contributed by atoms with E-state index in [0.717, 1.165) is 57.8 Å². The summed E-state index contributed by atoms with van der Waals surface area (Å²) in [4.78, 5) is 43.6. The summed E-state index contributed by atoms with van der Waals surface area (Å²) in [5, 5.41) is 29.9. The van der Waals surface area contributed by atoms with E-state index in [-0.39, 0.29) is 12.8 Å². The van der Waals surface area contributed by atoms with Crippen molar-refractivity contribution in [3.63, 3.8) is 0 Å². The summed E-state index contributed by atoms with van der Waals surface area (Å²) in [6.45, 7) is -0.0293. The number of aliphatic hydroxyl groups excluding tert-OH is 3. The Balaban J connectivity index is 4.04. The van der Waals surface area contributed by atoms with Crippen molar-refractivity contribution in [1.29, 1.82) is 0 Å². The van der Waals surface area contributed by atoms with Crippen LogP contribution in [0.4, 0.5) is 0 Å². The number of hydrogen-bond acceptors (Lipinski definition) is 13. The van der Waals surface area contributed by atoms with E-state index in [4.69, 9.17) is 9.47 Å². The van der Waals surface area contributed by atoms with Gasteiger partial charge >= 0.3 is 27.6 Å². The molecule has 0 aromatic heterocycles. The fourth-order valence-corrected chi connectivity index (χ4v) is 6.27. The summed E-state index contributed by atoms with van der Waals surface area (Å²) in [6, 6.07) is 0. The van der Waals surface area contributed by atoms with Gasteiger partial charge in [-0.05, 0) is 70.6 Å². The maximum absolute atomic E-state index is 12.1. The number of rotatable bonds is 40. The van der Waals surface area contributed by atoms with Gasteiger partial charge in [0.05, 0.1) is 26.4 Å². The van der Waals surface area contributed by atoms with Crippen molar-refractivity contribution in [3.8, 4) is 0 Å². The number of carbonyl (C=O) groups excluding carboxylic acids is 2. The third-order valence-electron chi connectivity index (χ3n) is 8.04. The summed E-state index contributed by atoms with van der Waals surface area (Å²) in [5.74, 6) is -1.11. The lowest BCUT2D eigenvalue weighted by Gasteiger charge is -2.19. The Labute approximate surface area is 381 Å². The second kappa shape index (κ2) is 42.1. The van der Waals surface area contributed by atoms with Gasteiger partial charge < -0.3 is 34.6 Å². The van der Waals surface area contributed by atoms with Crippen molar-refractivity contribution >= 4 is 27.6 Å². The minimum absolute atomic E-state index is 0.0929. The predicted molar refractivity (Wildman–Crippen MR) is 251 cm³/mol. The highest BCUT2D eigenvalue weighted by Crippen LogP contribution is 2.45. The fourth-order valence-electron chi connectivity index (χ4n) is 4.68. The monoisotopic (exact) mass is 940 g/mol. The SMILES string of the molecule is CC/C=C\C/C=C\C/C=C\C/C=C\C/C=C\CCCCCC(=O)OCC(O)COP(=O)(O)OCC(O)COP(=O)(O)OCC(O)COC(=O)CCC/C=C/C=C\C=C/C=C/C=C/CC. The van der Waals surface area contributed by atoms with Gasteiger partial charge in [-0.1, -0.05) is 142 Å². The minimum Gasteiger partial charge on any atom is -0.463 e. The first kappa shape index (κ1) is 60.4. The quantitative estimate of drug-likeness (QED) is 0.0127. The number of hydrogen-bond donors (Lipinski definition) is 5. The summed E-state index contributed by atoms with van der Waals surface area (Å²) >= 11 is 0. The maximum atomic E-state index is 12.1. The molecule has 0 fully saturated rings. The van der Waals surface area contributed by atoms with Crippen molar-refractivity contribution in [2.24, 2.45) is 0 Å². The number of allylic oxidation sites excluding steroid dienone is 20. The number of carbonyl (C=O) groups is 2. The zero-order valence-corrected chi connectivity index (χ0v) is 39.4. The topological polar surface area (TPSA) is 225 Å². The molecular formula is C47H74O15P2. The molecule has 0 rings (SSSR count). The van der Waals surface area contributed by atoms with E-state index in [1.165, 1.54) is 0 Å². The van der Waals surface area contributed by atoms with E-state index >= 15 is 0 Å². The van der Waals surface area contributed by atoms with Crippen molar-refractivity contribution in [2.45, 2.75) is 122 Å². The standard InChI is InChI=1S/C47H74O15P2/c1-3-5-7-9-11-13-15-17-18-19-20-21-22-24-26-28-30-32-34-36-47(52)58-38-44(49)40-60-64(55,56)62-42-45(50)41-61-63(53,54)59-39-43(48)37-57-46(51)35-33-31-29-27-25-23-16-14-12-10-8-6-4-2/h5-8,10-14,16-18,20-21,23-27,29,43-45,48-50H,3-4,9,15,19,22,28,30-42H2,1-2H3,(H,53,54)(H,55,56)/b7-5-,8-6+,12-10+,13-11-,16-14-,18-17-,21-20-,25-23-,26-24-,29-27+. The molecule has 0 aromatic rings. The van der Waals surface area contributed by atoms with Crippen LogP contribution in [0.2, 0.25) is 0 Å². The Morgan fingerprint density at radius 3 is 1.20 bits per heavy atom. The fraction of sp³-hybridized carbons (Fsp3) is 0.532. The molecule has 5 atom stereocenters. The number of phosphoric ester groups is 2. The molecule has 0 radical (unpaired) electrons. The average molecular weight is 941 g/mol. The molecule has 17 heteroatoms. The van der Waals surface area contributed by atoms with Crippen LogP contribution >= 0.6 is 15.6 Å². The van der Waals surface area contributed by atoms with Crippen LogP contribution in [0.15, 0.2) is 122 Å². The van der Waals surface area contributed by atoms with E-state index in [9.17, 15) is 43.8 Å². The van der Waals surface area contributed by atoms with E-state index < -0.39 is 85.5 Å². The summed E-state index contributed by atoms with van der Waals surface area (Å²) in [7, 11) is -9.61. The molecule has 0 aliphatic heterocycles. The Kier molecular flexibility index (Phi) is 39.8. The van der Waals surface area contributed by atoms with Gasteiger partial charge in [0.1, 0.15) is 31.5 Å². The Bertz CT molecular complexity index is 1610. The summed E-state index contributed by atoms with van der Waals surface area (Å²) in [6.07, 6.45) is 46.4. The molecule has 5 unspecified atom stereocenters. The number of esters is 2. The third-order valence-corrected chi connectivity index (χ3v) is 9.94. The van der Waals surface area contributed by atoms with Gasteiger partial charge in [-0.2, -0.15) is 0 Å². The number of ether oxygens (including phenoxy) is 2. The van der Waals surface area contributed by atoms with E-state index in [0.29, 0.717) is 19.3 Å². The molecule has 64 heavy (non-hydrogen) atoms. The van der Waals surface area contributed by atoms with Gasteiger partial charge in [0.15, 0.2) is 0 Å². The highest BCUT2D eigenvalue weighted by atomic mass is 31.2. The molecular weight excluding hydrogens is 866 g/mol. The van der Waals surface area contributed by atoms with Gasteiger partial charge in [0.2, 0.25) is 0 Å². The Hall–Kier alpha value is -3.56. The first-order valence-corrected chi connectivity index (χ1v) is 24.9. The largest absolute Gasteiger partial charge is 0.472 e. The van der Waals surface area contributed by atoms with Crippen LogP contribution in [0.5, 0.6) is 0 Å². The lowest BCUT2D eigenvalue weighted by Crippen LogP contribution is -2.25. The smallest absolute Gasteiger partial charge is 0.463 e. The lowest BCUT2D eigenvalue weighted by atomic mass is 10.1. The molecule has 0 saturated carbocycles. The average Bonchev–Trinajstić information content (AvgIpc) is 3.27. The van der Waals surface area contributed by atoms with Gasteiger partial charge in [-0.15, -0.1) is 0 Å². The van der Waals surface area contributed by atoms with Crippen molar-refractivity contribution in [1.82, 2.24) is 0 Å². The van der Waals surface area contributed by atoms with Gasteiger partial charge in [-0.25, -0.2) is 9.13 Å². The van der Waals surface area contributed by atoms with Crippen LogP contribution in [-0.4, -0.2) is 95.0 Å². The molecule has 5 N–H and O–H groups in total. The second-order valence-electron chi connectivity index (χ2n) is 14.1. The zero-order valence-electron chi connectivity index (χ0n) is 37.6. The highest BCUT2D eigenvalue weighted by Gasteiger charge is 2.28. The predicted octanol–water partition coefficient (Wildman–Crippen LogP) is 9.49. The molecule has 0 saturated heterocycles. The van der Waals surface area contributed by atoms with Crippen molar-refractivity contribution in [3.05, 3.63) is 122 Å². The molecule has 0 aliphatic rings. The zero-order chi connectivity index (χ0) is 47.4. The van der Waals surface area contributed by atoms with Crippen LogP contribution in [-0.2, 0) is 46.3 Å². The number of unbranched alkanes of at least 4 members (excludes halogenated alkanes) is 4. The number of phosphoric acid groups is 2. The Morgan fingerprint density at radius 1 is 0.422 bits per heavy atom. The van der Waals surface area contributed by atoms with Crippen LogP contribution in [0.1, 0.15) is 104 Å². The van der Waals surface area contributed by atoms with Gasteiger partial charge in [0.25, 0.3) is 0 Å². The first-order valence-electron chi connectivity index (χ1n) is 22.0. The lowest BCUT2D eigenvalue weighted by molar-refractivity contribution is -0.148.